The number of benzene rings is 1. The summed E-state index contributed by atoms with van der Waals surface area (Å²) in [5, 5.41) is 6.86. The second-order valence-corrected chi connectivity index (χ2v) is 8.62. The van der Waals surface area contributed by atoms with Crippen molar-refractivity contribution in [2.45, 2.75) is 71.3 Å². The first kappa shape index (κ1) is 25.9. The van der Waals surface area contributed by atoms with Crippen molar-refractivity contribution in [3.63, 3.8) is 0 Å². The summed E-state index contributed by atoms with van der Waals surface area (Å²) in [4.78, 5) is 14.3. The van der Waals surface area contributed by atoms with Gasteiger partial charge in [0.25, 0.3) is 0 Å². The van der Waals surface area contributed by atoms with Crippen LogP contribution in [0.1, 0.15) is 64.4 Å². The van der Waals surface area contributed by atoms with Gasteiger partial charge in [0.2, 0.25) is 0 Å². The zero-order chi connectivity index (χ0) is 21.2. The monoisotopic (exact) mass is 541 g/mol. The molecule has 1 saturated heterocycles. The fourth-order valence-corrected chi connectivity index (χ4v) is 4.25. The molecule has 0 spiro atoms. The summed E-state index contributed by atoms with van der Waals surface area (Å²) in [6.07, 6.45) is 11.4. The maximum atomic E-state index is 12.3. The quantitative estimate of drug-likeness (QED) is 0.241. The first-order valence-electron chi connectivity index (χ1n) is 11.9. The van der Waals surface area contributed by atoms with E-state index in [4.69, 9.17) is 0 Å². The molecule has 3 rings (SSSR count). The molecule has 0 bridgehead atoms. The molecule has 0 aliphatic carbocycles. The number of carbonyl (C=O) groups is 1. The van der Waals surface area contributed by atoms with E-state index in [1.807, 2.05) is 11.0 Å². The number of quaternary nitrogens is 1. The average Bonchev–Trinajstić information content (AvgIpc) is 3.31. The molecule has 2 aliphatic heterocycles. The van der Waals surface area contributed by atoms with Crippen molar-refractivity contribution in [2.75, 3.05) is 26.2 Å². The molecule has 1 aromatic carbocycles. The van der Waals surface area contributed by atoms with Crippen molar-refractivity contribution >= 4 is 6.03 Å². The average molecular weight is 542 g/mol. The van der Waals surface area contributed by atoms with Gasteiger partial charge in [0.1, 0.15) is 12.7 Å². The predicted molar refractivity (Wildman–Crippen MR) is 121 cm³/mol. The molecule has 2 aliphatic rings. The van der Waals surface area contributed by atoms with Gasteiger partial charge in [-0.15, -0.1) is 0 Å². The molecule has 1 unspecified atom stereocenters. The molecule has 3 N–H and O–H groups in total. The van der Waals surface area contributed by atoms with Crippen LogP contribution in [-0.2, 0) is 6.42 Å². The third-order valence-corrected chi connectivity index (χ3v) is 5.99. The highest BCUT2D eigenvalue weighted by atomic mass is 127. The Morgan fingerprint density at radius 1 is 1.03 bits per heavy atom. The Morgan fingerprint density at radius 2 is 1.81 bits per heavy atom. The van der Waals surface area contributed by atoms with Gasteiger partial charge in [-0.25, -0.2) is 9.80 Å². The van der Waals surface area contributed by atoms with Crippen LogP contribution in [0.3, 0.4) is 0 Å². The summed E-state index contributed by atoms with van der Waals surface area (Å²) < 4.78 is 0. The Hall–Kier alpha value is -1.32. The number of rotatable bonds is 13. The summed E-state index contributed by atoms with van der Waals surface area (Å²) in [6.45, 7) is 8.36. The summed E-state index contributed by atoms with van der Waals surface area (Å²) in [7, 11) is 0. The molecule has 2 atom stereocenters. The number of nitrogens with one attached hydrogen (secondary N) is 3. The van der Waals surface area contributed by atoms with Crippen molar-refractivity contribution in [3.8, 4) is 0 Å². The van der Waals surface area contributed by atoms with Gasteiger partial charge in [0.15, 0.2) is 0 Å². The third kappa shape index (κ3) is 8.27. The van der Waals surface area contributed by atoms with Gasteiger partial charge < -0.3 is 34.2 Å². The summed E-state index contributed by atoms with van der Waals surface area (Å²) in [6, 6.07) is 10.7. The molecular formula is C24H40IN5O. The smallest absolute Gasteiger partial charge is 0.317 e. The van der Waals surface area contributed by atoms with Crippen LogP contribution >= 0.6 is 0 Å². The Morgan fingerprint density at radius 3 is 2.55 bits per heavy atom. The first-order valence-corrected chi connectivity index (χ1v) is 11.9. The molecule has 1 aromatic rings. The third-order valence-electron chi connectivity index (χ3n) is 5.99. The maximum Gasteiger partial charge on any atom is 0.317 e. The number of nitrogens with zero attached hydrogens (tertiary/aromatic N) is 2. The van der Waals surface area contributed by atoms with Gasteiger partial charge in [0.05, 0.1) is 11.7 Å². The number of amides is 2. The van der Waals surface area contributed by atoms with E-state index in [9.17, 15) is 4.79 Å². The van der Waals surface area contributed by atoms with E-state index in [2.05, 4.69) is 60.2 Å². The predicted octanol–water partition coefficient (Wildman–Crippen LogP) is -0.141. The van der Waals surface area contributed by atoms with Crippen molar-refractivity contribution in [1.29, 1.82) is 0 Å². The highest BCUT2D eigenvalue weighted by molar-refractivity contribution is 5.76. The van der Waals surface area contributed by atoms with Crippen LogP contribution in [-0.4, -0.2) is 48.2 Å². The van der Waals surface area contributed by atoms with E-state index < -0.39 is 0 Å². The van der Waals surface area contributed by atoms with Crippen LogP contribution in [0.25, 0.3) is 0 Å². The Kier molecular flexibility index (Phi) is 11.7. The van der Waals surface area contributed by atoms with Gasteiger partial charge in [-0.3, -0.25) is 5.01 Å². The minimum Gasteiger partial charge on any atom is -1.00 e. The number of hydrogen-bond acceptors (Lipinski definition) is 3. The largest absolute Gasteiger partial charge is 1.00 e. The van der Waals surface area contributed by atoms with Crippen molar-refractivity contribution in [2.24, 2.45) is 0 Å². The lowest BCUT2D eigenvalue weighted by Crippen LogP contribution is -3.14. The van der Waals surface area contributed by atoms with Crippen LogP contribution in [0.2, 0.25) is 0 Å². The molecule has 31 heavy (non-hydrogen) atoms. The summed E-state index contributed by atoms with van der Waals surface area (Å²) >= 11 is 0. The number of urea groups is 1. The lowest BCUT2D eigenvalue weighted by Gasteiger charge is -2.21. The number of carbonyl (C=O) groups excluding carboxylic acids is 1. The molecule has 1 fully saturated rings. The Bertz CT molecular complexity index is 684. The molecule has 2 amide bonds. The van der Waals surface area contributed by atoms with Crippen LogP contribution in [0, 0.1) is 0 Å². The highest BCUT2D eigenvalue weighted by Crippen LogP contribution is 2.15. The van der Waals surface area contributed by atoms with Gasteiger partial charge >= 0.3 is 6.03 Å². The zero-order valence-corrected chi connectivity index (χ0v) is 21.4. The fraction of sp³-hybridized carbons (Fsp3) is 0.625. The second kappa shape index (κ2) is 14.0. The number of hydrogen-bond donors (Lipinski definition) is 3. The van der Waals surface area contributed by atoms with E-state index in [1.54, 1.807) is 0 Å². The minimum atomic E-state index is 0. The topological polar surface area (TPSA) is 52.1 Å². The number of halogens is 1. The van der Waals surface area contributed by atoms with Gasteiger partial charge in [0, 0.05) is 19.6 Å². The molecule has 7 heteroatoms. The van der Waals surface area contributed by atoms with Gasteiger partial charge in [-0.05, 0) is 44.1 Å². The lowest BCUT2D eigenvalue weighted by atomic mass is 10.1. The van der Waals surface area contributed by atoms with E-state index in [1.165, 1.54) is 42.0 Å². The number of allylic oxidation sites excluding steroid dienone is 1. The van der Waals surface area contributed by atoms with E-state index in [-0.39, 0.29) is 36.0 Å². The molecule has 0 aromatic heterocycles. The normalized spacial score (nSPS) is 20.6. The summed E-state index contributed by atoms with van der Waals surface area (Å²) in [5.74, 6) is 0. The van der Waals surface area contributed by atoms with Crippen molar-refractivity contribution in [1.82, 2.24) is 20.8 Å². The van der Waals surface area contributed by atoms with Crippen LogP contribution in [0.4, 0.5) is 4.79 Å². The second-order valence-electron chi connectivity index (χ2n) is 8.62. The van der Waals surface area contributed by atoms with Crippen molar-refractivity contribution < 1.29 is 33.8 Å². The SMILES string of the molecule is CCCCN1N[NH+](CCCC)C=C1CCCCN1C[C@H](Cc2ccccc2)NC1=O.[I-]. The Labute approximate surface area is 205 Å². The molecule has 6 nitrogen and oxygen atoms in total. The van der Waals surface area contributed by atoms with E-state index in [0.717, 1.165) is 51.9 Å². The standard InChI is InChI=1S/C24H39N5O.HI/c1-3-5-16-28-20-23(29(26-28)17-6-4-2)14-10-11-15-27-19-22(25-24(27)30)18-21-12-8-7-9-13-21;/h7-9,12-13,20,22,26H,3-6,10-11,14-19H2,1-2H3,(H,25,30);1H/t22-;/m0./s1. The number of unbranched alkanes of at least 4 members (excludes halogenated alkanes) is 3. The fourth-order valence-electron chi connectivity index (χ4n) is 4.25. The van der Waals surface area contributed by atoms with Crippen LogP contribution in [0.5, 0.6) is 0 Å². The first-order chi connectivity index (χ1) is 14.7. The zero-order valence-electron chi connectivity index (χ0n) is 19.2. The van der Waals surface area contributed by atoms with Crippen molar-refractivity contribution in [3.05, 3.63) is 47.8 Å². The highest BCUT2D eigenvalue weighted by Gasteiger charge is 2.28. The lowest BCUT2D eigenvalue weighted by molar-refractivity contribution is -0.901. The minimum absolute atomic E-state index is 0. The Balaban J connectivity index is 0.00000341. The maximum absolute atomic E-state index is 12.3. The van der Waals surface area contributed by atoms with Crippen LogP contribution in [0.15, 0.2) is 42.2 Å². The molecule has 2 heterocycles. The molecule has 0 saturated carbocycles. The van der Waals surface area contributed by atoms with Crippen LogP contribution < -0.4 is 39.8 Å². The molecular weight excluding hydrogens is 501 g/mol. The summed E-state index contributed by atoms with van der Waals surface area (Å²) in [5.41, 5.74) is 6.32. The van der Waals surface area contributed by atoms with E-state index in [0.29, 0.717) is 0 Å². The van der Waals surface area contributed by atoms with Gasteiger partial charge in [-0.1, -0.05) is 62.6 Å². The van der Waals surface area contributed by atoms with Gasteiger partial charge in [-0.2, -0.15) is 0 Å². The molecule has 174 valence electrons. The molecule has 0 radical (unpaired) electrons. The van der Waals surface area contributed by atoms with E-state index >= 15 is 0 Å². The number of hydrazine groups is 1.